The summed E-state index contributed by atoms with van der Waals surface area (Å²) in [5.41, 5.74) is 2.02. The first-order chi connectivity index (χ1) is 9.09. The normalized spacial score (nSPS) is 17.8. The van der Waals surface area contributed by atoms with Crippen LogP contribution in [0.25, 0.3) is 6.08 Å². The number of rotatable bonds is 3. The summed E-state index contributed by atoms with van der Waals surface area (Å²) in [6, 6.07) is 3.97. The zero-order valence-corrected chi connectivity index (χ0v) is 12.4. The Bertz CT molecular complexity index is 515. The number of thioether (sulfide) groups is 1. The van der Waals surface area contributed by atoms with Gasteiger partial charge in [-0.25, -0.2) is 0 Å². The van der Waals surface area contributed by atoms with Crippen LogP contribution in [0.15, 0.2) is 47.4 Å². The van der Waals surface area contributed by atoms with Crippen molar-refractivity contribution >= 4 is 23.0 Å². The molecule has 1 N–H and O–H groups in total. The van der Waals surface area contributed by atoms with Crippen molar-refractivity contribution < 1.29 is 0 Å². The zero-order valence-electron chi connectivity index (χ0n) is 11.6. The molecule has 0 unspecified atom stereocenters. The Morgan fingerprint density at radius 2 is 2.21 bits per heavy atom. The number of nitrogens with one attached hydrogen (secondary N) is 1. The van der Waals surface area contributed by atoms with Crippen LogP contribution in [0.5, 0.6) is 0 Å². The molecule has 4 heteroatoms. The van der Waals surface area contributed by atoms with Gasteiger partial charge in [0.1, 0.15) is 0 Å². The van der Waals surface area contributed by atoms with Crippen molar-refractivity contribution in [1.82, 2.24) is 10.3 Å². The lowest BCUT2D eigenvalue weighted by molar-refractivity contribution is 0.639. The van der Waals surface area contributed by atoms with E-state index < -0.39 is 0 Å². The molecule has 1 aromatic heterocycles. The first-order valence-electron chi connectivity index (χ1n) is 6.40. The summed E-state index contributed by atoms with van der Waals surface area (Å²) in [7, 11) is 0. The van der Waals surface area contributed by atoms with Crippen LogP contribution < -0.4 is 5.32 Å². The van der Waals surface area contributed by atoms with Crippen molar-refractivity contribution in [3.8, 4) is 0 Å². The summed E-state index contributed by atoms with van der Waals surface area (Å²) < 4.78 is 0. The largest absolute Gasteiger partial charge is 0.335 e. The Labute approximate surface area is 118 Å². The molecule has 3 nitrogen and oxygen atoms in total. The van der Waals surface area contributed by atoms with Crippen molar-refractivity contribution in [1.29, 1.82) is 0 Å². The summed E-state index contributed by atoms with van der Waals surface area (Å²) in [5, 5.41) is 4.33. The van der Waals surface area contributed by atoms with Gasteiger partial charge in [-0.05, 0) is 43.4 Å². The number of amidine groups is 1. The van der Waals surface area contributed by atoms with Gasteiger partial charge in [0.25, 0.3) is 0 Å². The topological polar surface area (TPSA) is 37.3 Å². The molecule has 1 aliphatic rings. The highest BCUT2D eigenvalue weighted by molar-refractivity contribution is 8.13. The van der Waals surface area contributed by atoms with Crippen molar-refractivity contribution in [2.45, 2.75) is 26.3 Å². The van der Waals surface area contributed by atoms with E-state index in [9.17, 15) is 0 Å². The van der Waals surface area contributed by atoms with E-state index in [1.807, 2.05) is 18.3 Å². The minimum absolute atomic E-state index is 0.155. The number of hydrogen-bond donors (Lipinski definition) is 1. The maximum absolute atomic E-state index is 4.66. The zero-order chi connectivity index (χ0) is 13.7. The van der Waals surface area contributed by atoms with Gasteiger partial charge in [0.05, 0.1) is 5.54 Å². The molecule has 2 heterocycles. The minimum atomic E-state index is -0.155. The van der Waals surface area contributed by atoms with E-state index in [1.165, 1.54) is 0 Å². The van der Waals surface area contributed by atoms with Gasteiger partial charge in [0.2, 0.25) is 0 Å². The number of aromatic nitrogens is 1. The quantitative estimate of drug-likeness (QED) is 0.916. The van der Waals surface area contributed by atoms with Gasteiger partial charge >= 0.3 is 0 Å². The second-order valence-electron chi connectivity index (χ2n) is 4.85. The Hall–Kier alpha value is -1.55. The molecule has 19 heavy (non-hydrogen) atoms. The van der Waals surface area contributed by atoms with Crippen LogP contribution in [-0.2, 0) is 0 Å². The molecule has 0 atom stereocenters. The first-order valence-corrected chi connectivity index (χ1v) is 7.38. The van der Waals surface area contributed by atoms with Crippen LogP contribution >= 0.6 is 11.8 Å². The Kier molecular flexibility index (Phi) is 4.43. The fraction of sp³-hybridized carbons (Fsp3) is 0.333. The smallest absolute Gasteiger partial charge is 0.161 e. The van der Waals surface area contributed by atoms with Crippen molar-refractivity contribution in [2.24, 2.45) is 4.99 Å². The van der Waals surface area contributed by atoms with E-state index in [2.05, 4.69) is 54.3 Å². The third kappa shape index (κ3) is 4.24. The van der Waals surface area contributed by atoms with E-state index in [0.717, 1.165) is 22.2 Å². The van der Waals surface area contributed by atoms with E-state index in [4.69, 9.17) is 0 Å². The summed E-state index contributed by atoms with van der Waals surface area (Å²) in [6.45, 7) is 6.36. The molecule has 1 aromatic rings. The fourth-order valence-electron chi connectivity index (χ4n) is 1.82. The number of nitrogens with zero attached hydrogens (tertiary/aromatic N) is 2. The van der Waals surface area contributed by atoms with Gasteiger partial charge < -0.3 is 5.32 Å². The third-order valence-electron chi connectivity index (χ3n) is 2.57. The van der Waals surface area contributed by atoms with Gasteiger partial charge in [-0.1, -0.05) is 30.8 Å². The molecule has 0 aliphatic carbocycles. The lowest BCUT2D eigenvalue weighted by Crippen LogP contribution is -2.31. The molecular formula is C15H19N3S. The Morgan fingerprint density at radius 3 is 2.89 bits per heavy atom. The highest BCUT2D eigenvalue weighted by Gasteiger charge is 2.20. The highest BCUT2D eigenvalue weighted by Crippen LogP contribution is 2.21. The third-order valence-corrected chi connectivity index (χ3v) is 3.33. The maximum Gasteiger partial charge on any atom is 0.161 e. The molecule has 0 radical (unpaired) electrons. The Balaban J connectivity index is 2.13. The molecule has 0 saturated heterocycles. The fourth-order valence-corrected chi connectivity index (χ4v) is 2.58. The van der Waals surface area contributed by atoms with E-state index >= 15 is 0 Å². The highest BCUT2D eigenvalue weighted by atomic mass is 32.2. The van der Waals surface area contributed by atoms with Gasteiger partial charge in [0.15, 0.2) is 5.17 Å². The van der Waals surface area contributed by atoms with Gasteiger partial charge in [-0.2, -0.15) is 0 Å². The van der Waals surface area contributed by atoms with Crippen molar-refractivity contribution in [3.05, 3.63) is 47.9 Å². The van der Waals surface area contributed by atoms with Crippen LogP contribution in [0, 0.1) is 0 Å². The molecule has 1 aliphatic heterocycles. The molecule has 0 aromatic carbocycles. The predicted molar refractivity (Wildman–Crippen MR) is 84.1 cm³/mol. The second-order valence-corrected chi connectivity index (χ2v) is 6.10. The molecule has 0 saturated carbocycles. The van der Waals surface area contributed by atoms with E-state index in [0.29, 0.717) is 0 Å². The van der Waals surface area contributed by atoms with E-state index in [1.54, 1.807) is 18.0 Å². The average Bonchev–Trinajstić information content (AvgIpc) is 2.36. The summed E-state index contributed by atoms with van der Waals surface area (Å²) in [5.74, 6) is 1.02. The van der Waals surface area contributed by atoms with Crippen LogP contribution in [0.1, 0.15) is 26.3 Å². The van der Waals surface area contributed by atoms with Crippen LogP contribution in [0.4, 0.5) is 0 Å². The summed E-state index contributed by atoms with van der Waals surface area (Å²) >= 11 is 1.73. The average molecular weight is 273 g/mol. The van der Waals surface area contributed by atoms with Crippen molar-refractivity contribution in [2.75, 3.05) is 5.75 Å². The molecule has 0 amide bonds. The number of aliphatic imine (C=N–C) groups is 1. The molecule has 2 rings (SSSR count). The van der Waals surface area contributed by atoms with Crippen LogP contribution in [0.2, 0.25) is 0 Å². The van der Waals surface area contributed by atoms with Gasteiger partial charge in [-0.3, -0.25) is 9.98 Å². The number of pyridine rings is 1. The molecule has 0 fully saturated rings. The maximum atomic E-state index is 4.66. The SMILES string of the molecule is CCSC1=NC(C)(C)C=C(/C=C/c2cccnc2)N1. The van der Waals surface area contributed by atoms with Crippen molar-refractivity contribution in [3.63, 3.8) is 0 Å². The minimum Gasteiger partial charge on any atom is -0.335 e. The van der Waals surface area contributed by atoms with Crippen LogP contribution in [0.3, 0.4) is 0 Å². The number of hydrogen-bond acceptors (Lipinski definition) is 4. The van der Waals surface area contributed by atoms with Gasteiger partial charge in [0, 0.05) is 18.1 Å². The first kappa shape index (κ1) is 13.9. The standard InChI is InChI=1S/C15H19N3S/c1-4-19-14-17-13(10-15(2,3)18-14)8-7-12-6-5-9-16-11-12/h5-11H,4H2,1-3H3,(H,17,18)/b8-7+. The van der Waals surface area contributed by atoms with Gasteiger partial charge in [-0.15, -0.1) is 0 Å². The van der Waals surface area contributed by atoms with E-state index in [-0.39, 0.29) is 5.54 Å². The second kappa shape index (κ2) is 6.06. The molecule has 0 bridgehead atoms. The lowest BCUT2D eigenvalue weighted by atomic mass is 10.0. The predicted octanol–water partition coefficient (Wildman–Crippen LogP) is 3.47. The summed E-state index contributed by atoms with van der Waals surface area (Å²) in [6.07, 6.45) is 9.90. The summed E-state index contributed by atoms with van der Waals surface area (Å²) in [4.78, 5) is 8.76. The molecule has 0 spiro atoms. The monoisotopic (exact) mass is 273 g/mol. The number of allylic oxidation sites excluding steroid dienone is 1. The lowest BCUT2D eigenvalue weighted by Gasteiger charge is -2.25. The molecular weight excluding hydrogens is 254 g/mol. The molecule has 100 valence electrons. The van der Waals surface area contributed by atoms with Crippen LogP contribution in [-0.4, -0.2) is 21.4 Å². The Morgan fingerprint density at radius 1 is 1.37 bits per heavy atom.